The predicted molar refractivity (Wildman–Crippen MR) is 114 cm³/mol. The highest BCUT2D eigenvalue weighted by Crippen LogP contribution is 2.35. The van der Waals surface area contributed by atoms with Gasteiger partial charge in [0.2, 0.25) is 5.96 Å². The number of guanidine groups is 1. The van der Waals surface area contributed by atoms with E-state index in [1.54, 1.807) is 0 Å². The first kappa shape index (κ1) is 25.1. The second-order valence-corrected chi connectivity index (χ2v) is 7.37. The first-order chi connectivity index (χ1) is 15.9. The van der Waals surface area contributed by atoms with Crippen LogP contribution in [0.3, 0.4) is 0 Å². The van der Waals surface area contributed by atoms with Crippen molar-refractivity contribution in [2.75, 3.05) is 5.32 Å². The van der Waals surface area contributed by atoms with Crippen molar-refractivity contribution in [2.24, 2.45) is 4.99 Å². The van der Waals surface area contributed by atoms with Gasteiger partial charge in [-0.15, -0.1) is 0 Å². The van der Waals surface area contributed by atoms with E-state index in [0.29, 0.717) is 6.07 Å². The zero-order chi connectivity index (χ0) is 25.2. The van der Waals surface area contributed by atoms with Gasteiger partial charge in [-0.05, 0) is 50.2 Å². The number of aliphatic imine (C=N–C) groups is 1. The summed E-state index contributed by atoms with van der Waals surface area (Å²) in [5.74, 6) is -4.86. The van der Waals surface area contributed by atoms with Crippen LogP contribution in [0.15, 0.2) is 41.4 Å². The normalized spacial score (nSPS) is 12.1. The van der Waals surface area contributed by atoms with Crippen LogP contribution in [0, 0.1) is 24.4 Å². The van der Waals surface area contributed by atoms with Gasteiger partial charge in [0.1, 0.15) is 5.82 Å². The molecular formula is C21H16ClF6N5O. The number of halogens is 7. The number of hydrogen-bond donors (Lipinski definition) is 2. The molecule has 0 aliphatic carbocycles. The fraction of sp³-hybridized carbons (Fsp3) is 0.190. The average Bonchev–Trinajstić information content (AvgIpc) is 3.05. The van der Waals surface area contributed by atoms with Crippen molar-refractivity contribution >= 4 is 35.0 Å². The minimum absolute atomic E-state index is 0.00518. The molecule has 0 aliphatic heterocycles. The summed E-state index contributed by atoms with van der Waals surface area (Å²) in [5.41, 5.74) is -1.80. The van der Waals surface area contributed by atoms with Gasteiger partial charge in [-0.25, -0.2) is 17.9 Å². The summed E-state index contributed by atoms with van der Waals surface area (Å²) in [4.78, 5) is 16.7. The molecule has 0 aliphatic rings. The van der Waals surface area contributed by atoms with Crippen LogP contribution in [0.1, 0.15) is 28.5 Å². The van der Waals surface area contributed by atoms with Crippen molar-refractivity contribution in [3.8, 4) is 0 Å². The topological polar surface area (TPSA) is 71.3 Å². The van der Waals surface area contributed by atoms with Gasteiger partial charge in [0.05, 0.1) is 0 Å². The Hall–Kier alpha value is -3.54. The van der Waals surface area contributed by atoms with Crippen molar-refractivity contribution in [1.29, 1.82) is 0 Å². The van der Waals surface area contributed by atoms with Crippen molar-refractivity contribution in [3.05, 3.63) is 75.7 Å². The predicted octanol–water partition coefficient (Wildman–Crippen LogP) is 5.83. The molecule has 0 bridgehead atoms. The fourth-order valence-electron chi connectivity index (χ4n) is 2.95. The third-order valence-electron chi connectivity index (χ3n) is 4.48. The maximum absolute atomic E-state index is 13.8. The number of anilines is 1. The molecule has 1 aromatic heterocycles. The maximum atomic E-state index is 13.8. The van der Waals surface area contributed by atoms with Crippen LogP contribution in [0.5, 0.6) is 0 Å². The van der Waals surface area contributed by atoms with Crippen LogP contribution < -0.4 is 10.6 Å². The lowest BCUT2D eigenvalue weighted by molar-refractivity contribution is -0.141. The molecule has 0 spiro atoms. The molecule has 0 atom stereocenters. The molecule has 0 saturated heterocycles. The van der Waals surface area contributed by atoms with E-state index in [1.807, 2.05) is 0 Å². The summed E-state index contributed by atoms with van der Waals surface area (Å²) in [6.07, 6.45) is -4.76. The second kappa shape index (κ2) is 9.75. The summed E-state index contributed by atoms with van der Waals surface area (Å²) in [5, 5.41) is 8.34. The molecule has 13 heteroatoms. The molecule has 34 heavy (non-hydrogen) atoms. The Morgan fingerprint density at radius 2 is 1.82 bits per heavy atom. The molecule has 0 unspecified atom stereocenters. The van der Waals surface area contributed by atoms with E-state index in [4.69, 9.17) is 11.6 Å². The number of rotatable bonds is 4. The summed E-state index contributed by atoms with van der Waals surface area (Å²) in [7, 11) is 0. The summed E-state index contributed by atoms with van der Waals surface area (Å²) in [6.45, 7) is 2.69. The van der Waals surface area contributed by atoms with Gasteiger partial charge in [0.25, 0.3) is 5.91 Å². The van der Waals surface area contributed by atoms with Gasteiger partial charge in [-0.3, -0.25) is 10.1 Å². The highest BCUT2D eigenvalue weighted by Gasteiger charge is 2.37. The van der Waals surface area contributed by atoms with Gasteiger partial charge in [-0.2, -0.15) is 23.3 Å². The Kier molecular flexibility index (Phi) is 7.20. The standard InChI is InChI=1S/C21H16ClF6N5O/c1-3-33-18(10(2)17(32-33)21(26,27)28)30-20(29-14-8-12(22)7-13(23)9-14)31-19(34)11-4-5-15(24)16(25)6-11/h4-9H,3H2,1-2H3,(H2,29,30,31,34). The number of aryl methyl sites for hydroxylation is 1. The largest absolute Gasteiger partial charge is 0.435 e. The Bertz CT molecular complexity index is 1250. The number of hydrogen-bond acceptors (Lipinski definition) is 3. The number of benzene rings is 2. The summed E-state index contributed by atoms with van der Waals surface area (Å²) in [6, 6.07) is 5.63. The Labute approximate surface area is 194 Å². The van der Waals surface area contributed by atoms with Crippen LogP contribution in [-0.4, -0.2) is 21.6 Å². The monoisotopic (exact) mass is 503 g/mol. The first-order valence-electron chi connectivity index (χ1n) is 9.61. The molecule has 0 fully saturated rings. The zero-order valence-corrected chi connectivity index (χ0v) is 18.3. The number of amides is 1. The van der Waals surface area contributed by atoms with E-state index in [-0.39, 0.29) is 34.2 Å². The first-order valence-corrected chi connectivity index (χ1v) is 9.99. The van der Waals surface area contributed by atoms with E-state index in [2.05, 4.69) is 20.7 Å². The lowest BCUT2D eigenvalue weighted by atomic mass is 10.2. The van der Waals surface area contributed by atoms with Crippen molar-refractivity contribution in [3.63, 3.8) is 0 Å². The molecule has 2 N–H and O–H groups in total. The van der Waals surface area contributed by atoms with Crippen molar-refractivity contribution < 1.29 is 31.1 Å². The van der Waals surface area contributed by atoms with Crippen LogP contribution in [0.4, 0.5) is 37.8 Å². The molecule has 3 rings (SSSR count). The van der Waals surface area contributed by atoms with E-state index in [0.717, 1.165) is 35.9 Å². The van der Waals surface area contributed by atoms with E-state index < -0.39 is 41.2 Å². The highest BCUT2D eigenvalue weighted by molar-refractivity contribution is 6.31. The van der Waals surface area contributed by atoms with Crippen LogP contribution in [0.25, 0.3) is 0 Å². The lowest BCUT2D eigenvalue weighted by Gasteiger charge is -2.13. The third kappa shape index (κ3) is 5.68. The van der Waals surface area contributed by atoms with Gasteiger partial charge in [0.15, 0.2) is 23.1 Å². The quantitative estimate of drug-likeness (QED) is 0.267. The van der Waals surface area contributed by atoms with Gasteiger partial charge in [-0.1, -0.05) is 11.6 Å². The smallest absolute Gasteiger partial charge is 0.325 e. The number of carbonyl (C=O) groups is 1. The number of carbonyl (C=O) groups excluding carboxylic acids is 1. The SMILES string of the molecule is CCn1nc(C(F)(F)F)c(C)c1N=C(NC(=O)c1ccc(F)c(F)c1)Nc1cc(F)cc(Cl)c1. The minimum Gasteiger partial charge on any atom is -0.325 e. The summed E-state index contributed by atoms with van der Waals surface area (Å²) >= 11 is 5.83. The molecule has 180 valence electrons. The average molecular weight is 504 g/mol. The molecule has 0 saturated carbocycles. The Balaban J connectivity index is 2.07. The lowest BCUT2D eigenvalue weighted by Crippen LogP contribution is -2.36. The molecule has 6 nitrogen and oxygen atoms in total. The molecule has 0 radical (unpaired) electrons. The molecular weight excluding hydrogens is 488 g/mol. The second-order valence-electron chi connectivity index (χ2n) is 6.94. The maximum Gasteiger partial charge on any atom is 0.435 e. The zero-order valence-electron chi connectivity index (χ0n) is 17.6. The van der Waals surface area contributed by atoms with Gasteiger partial charge >= 0.3 is 6.18 Å². The van der Waals surface area contributed by atoms with Crippen LogP contribution in [0.2, 0.25) is 5.02 Å². The van der Waals surface area contributed by atoms with Crippen LogP contribution >= 0.6 is 11.6 Å². The number of alkyl halides is 3. The van der Waals surface area contributed by atoms with E-state index in [1.165, 1.54) is 13.0 Å². The van der Waals surface area contributed by atoms with E-state index >= 15 is 0 Å². The van der Waals surface area contributed by atoms with Crippen molar-refractivity contribution in [1.82, 2.24) is 15.1 Å². The van der Waals surface area contributed by atoms with Gasteiger partial charge in [0, 0.05) is 28.4 Å². The number of aromatic nitrogens is 2. The fourth-order valence-corrected chi connectivity index (χ4v) is 3.17. The molecule has 1 amide bonds. The summed E-state index contributed by atoms with van der Waals surface area (Å²) < 4.78 is 81.4. The molecule has 3 aromatic rings. The minimum atomic E-state index is -4.76. The highest BCUT2D eigenvalue weighted by atomic mass is 35.5. The third-order valence-corrected chi connectivity index (χ3v) is 4.70. The Morgan fingerprint density at radius 3 is 2.41 bits per heavy atom. The number of nitrogens with one attached hydrogen (secondary N) is 2. The van der Waals surface area contributed by atoms with E-state index in [9.17, 15) is 31.1 Å². The number of nitrogens with zero attached hydrogens (tertiary/aromatic N) is 3. The van der Waals surface area contributed by atoms with Gasteiger partial charge < -0.3 is 5.32 Å². The molecule has 1 heterocycles. The molecule has 2 aromatic carbocycles. The Morgan fingerprint density at radius 1 is 1.12 bits per heavy atom. The van der Waals surface area contributed by atoms with Crippen LogP contribution in [-0.2, 0) is 12.7 Å². The van der Waals surface area contributed by atoms with Crippen molar-refractivity contribution in [2.45, 2.75) is 26.6 Å².